The van der Waals surface area contributed by atoms with Crippen LogP contribution in [-0.4, -0.2) is 23.1 Å². The van der Waals surface area contributed by atoms with Gasteiger partial charge in [-0.3, -0.25) is 9.59 Å². The number of fused-ring (bicyclic) bond motifs is 5. The molecule has 1 N–H and O–H groups in total. The van der Waals surface area contributed by atoms with Crippen LogP contribution in [0.3, 0.4) is 0 Å². The lowest BCUT2D eigenvalue weighted by Crippen LogP contribution is -2.51. The highest BCUT2D eigenvalue weighted by Gasteiger charge is 2.59. The summed E-state index contributed by atoms with van der Waals surface area (Å²) in [6.07, 6.45) is 16.2. The van der Waals surface area contributed by atoms with Gasteiger partial charge in [0.15, 0.2) is 0 Å². The van der Waals surface area contributed by atoms with Crippen molar-refractivity contribution in [1.29, 1.82) is 0 Å². The third kappa shape index (κ3) is 4.85. The summed E-state index contributed by atoms with van der Waals surface area (Å²) in [5, 5.41) is 9.04. The van der Waals surface area contributed by atoms with E-state index in [2.05, 4.69) is 33.8 Å². The molecule has 4 aliphatic rings. The van der Waals surface area contributed by atoms with Crippen LogP contribution >= 0.6 is 0 Å². The first-order valence-electron chi connectivity index (χ1n) is 14.1. The molecule has 0 saturated heterocycles. The van der Waals surface area contributed by atoms with Crippen molar-refractivity contribution in [3.05, 3.63) is 11.6 Å². The molecule has 0 amide bonds. The van der Waals surface area contributed by atoms with E-state index in [4.69, 9.17) is 9.84 Å². The maximum Gasteiger partial charge on any atom is 0.303 e. The number of carbonyl (C=O) groups excluding carboxylic acids is 1. The average molecular weight is 473 g/mol. The van der Waals surface area contributed by atoms with Crippen LogP contribution in [0.5, 0.6) is 0 Å². The fourth-order valence-corrected chi connectivity index (χ4v) is 9.33. The third-order valence-corrected chi connectivity index (χ3v) is 11.0. The highest BCUT2D eigenvalue weighted by atomic mass is 16.5. The molecule has 3 fully saturated rings. The molecular formula is C30H48O4. The maximum atomic E-state index is 11.5. The van der Waals surface area contributed by atoms with Crippen molar-refractivity contribution in [1.82, 2.24) is 0 Å². The standard InChI is InChI=1S/C30H48O4/c1-19(17-28(32)33)7-6-8-20(2)25-11-12-26-24-10-9-22-18-23(34-21(3)31)13-15-29(22,4)27(24)14-16-30(25,26)5/h9,19-20,23-27H,6-8,10-18H2,1-5H3,(H,32,33)/t19?,20-,23+,24+,25-,26+,27+,29+,30-/m1/s1. The Morgan fingerprint density at radius 2 is 1.85 bits per heavy atom. The number of hydrogen-bond acceptors (Lipinski definition) is 3. The van der Waals surface area contributed by atoms with Gasteiger partial charge in [-0.1, -0.05) is 58.6 Å². The molecule has 4 nitrogen and oxygen atoms in total. The van der Waals surface area contributed by atoms with Crippen LogP contribution in [0.15, 0.2) is 11.6 Å². The normalized spacial score (nSPS) is 40.9. The van der Waals surface area contributed by atoms with Crippen molar-refractivity contribution < 1.29 is 19.4 Å². The van der Waals surface area contributed by atoms with E-state index in [1.807, 2.05) is 0 Å². The SMILES string of the molecule is CC(=O)O[C@H]1CC[C@@]2(C)C(=CC[C@H]3[C@@H]4CC[C@H]([C@H](C)CCCC(C)CC(=O)O)[C@@]4(C)CC[C@@H]32)C1. The van der Waals surface area contributed by atoms with Crippen molar-refractivity contribution in [2.75, 3.05) is 0 Å². The number of aliphatic carboxylic acids is 1. The minimum absolute atomic E-state index is 0.0807. The molecular weight excluding hydrogens is 424 g/mol. The highest BCUT2D eigenvalue weighted by molar-refractivity contribution is 5.67. The topological polar surface area (TPSA) is 63.6 Å². The van der Waals surface area contributed by atoms with E-state index in [1.54, 1.807) is 5.57 Å². The average Bonchev–Trinajstić information content (AvgIpc) is 3.10. The molecule has 4 aliphatic carbocycles. The van der Waals surface area contributed by atoms with Crippen LogP contribution in [0, 0.1) is 46.3 Å². The summed E-state index contributed by atoms with van der Waals surface area (Å²) in [4.78, 5) is 22.5. The van der Waals surface area contributed by atoms with Gasteiger partial charge in [0, 0.05) is 19.8 Å². The summed E-state index contributed by atoms with van der Waals surface area (Å²) in [6, 6.07) is 0. The summed E-state index contributed by atoms with van der Waals surface area (Å²) in [5.74, 6) is 3.46. The van der Waals surface area contributed by atoms with E-state index in [0.717, 1.165) is 61.7 Å². The van der Waals surface area contributed by atoms with Crippen LogP contribution in [0.2, 0.25) is 0 Å². The summed E-state index contributed by atoms with van der Waals surface area (Å²) < 4.78 is 5.60. The lowest BCUT2D eigenvalue weighted by Gasteiger charge is -2.58. The van der Waals surface area contributed by atoms with E-state index in [9.17, 15) is 9.59 Å². The number of ether oxygens (including phenoxy) is 1. The number of carbonyl (C=O) groups is 2. The first-order chi connectivity index (χ1) is 16.0. The lowest BCUT2D eigenvalue weighted by molar-refractivity contribution is -0.148. The van der Waals surface area contributed by atoms with Gasteiger partial charge in [-0.2, -0.15) is 0 Å². The second kappa shape index (κ2) is 9.97. The Hall–Kier alpha value is -1.32. The Kier molecular flexibility index (Phi) is 7.56. The number of esters is 1. The minimum atomic E-state index is -0.665. The number of carboxylic acid groups (broad SMARTS) is 1. The highest BCUT2D eigenvalue weighted by Crippen LogP contribution is 2.67. The fourth-order valence-electron chi connectivity index (χ4n) is 9.33. The van der Waals surface area contributed by atoms with Gasteiger partial charge in [-0.05, 0) is 91.3 Å². The monoisotopic (exact) mass is 472 g/mol. The van der Waals surface area contributed by atoms with Crippen molar-refractivity contribution in [2.24, 2.45) is 46.3 Å². The minimum Gasteiger partial charge on any atom is -0.481 e. The molecule has 0 bridgehead atoms. The molecule has 0 aliphatic heterocycles. The maximum absolute atomic E-state index is 11.5. The zero-order chi connectivity index (χ0) is 24.7. The number of allylic oxidation sites excluding steroid dienone is 1. The predicted octanol–water partition coefficient (Wildman–Crippen LogP) is 7.41. The first kappa shape index (κ1) is 25.8. The molecule has 0 aromatic heterocycles. The zero-order valence-electron chi connectivity index (χ0n) is 22.3. The van der Waals surface area contributed by atoms with Crippen LogP contribution in [0.4, 0.5) is 0 Å². The summed E-state index contributed by atoms with van der Waals surface area (Å²) >= 11 is 0. The number of carboxylic acids is 1. The molecule has 192 valence electrons. The number of rotatable bonds is 8. The van der Waals surface area contributed by atoms with Gasteiger partial charge in [0.25, 0.3) is 0 Å². The summed E-state index contributed by atoms with van der Waals surface area (Å²) in [5.41, 5.74) is 2.34. The van der Waals surface area contributed by atoms with Gasteiger partial charge >= 0.3 is 11.9 Å². The Balaban J connectivity index is 1.40. The first-order valence-corrected chi connectivity index (χ1v) is 14.1. The van der Waals surface area contributed by atoms with Crippen molar-refractivity contribution in [2.45, 2.75) is 118 Å². The second-order valence-corrected chi connectivity index (χ2v) is 13.1. The lowest BCUT2D eigenvalue weighted by atomic mass is 9.47. The van der Waals surface area contributed by atoms with Crippen LogP contribution in [0.1, 0.15) is 112 Å². The predicted molar refractivity (Wildman–Crippen MR) is 135 cm³/mol. The molecule has 4 rings (SSSR count). The molecule has 0 radical (unpaired) electrons. The van der Waals surface area contributed by atoms with Crippen molar-refractivity contribution >= 4 is 11.9 Å². The van der Waals surface area contributed by atoms with Crippen molar-refractivity contribution in [3.63, 3.8) is 0 Å². The van der Waals surface area contributed by atoms with Crippen LogP contribution < -0.4 is 0 Å². The van der Waals surface area contributed by atoms with Crippen molar-refractivity contribution in [3.8, 4) is 0 Å². The van der Waals surface area contributed by atoms with Crippen LogP contribution in [0.25, 0.3) is 0 Å². The van der Waals surface area contributed by atoms with Gasteiger partial charge in [0.05, 0.1) is 0 Å². The molecule has 0 aromatic rings. The molecule has 9 atom stereocenters. The largest absolute Gasteiger partial charge is 0.481 e. The molecule has 3 saturated carbocycles. The van der Waals surface area contributed by atoms with E-state index >= 15 is 0 Å². The van der Waals surface area contributed by atoms with E-state index in [0.29, 0.717) is 17.3 Å². The van der Waals surface area contributed by atoms with Gasteiger partial charge in [-0.15, -0.1) is 0 Å². The summed E-state index contributed by atoms with van der Waals surface area (Å²) in [6.45, 7) is 11.2. The summed E-state index contributed by atoms with van der Waals surface area (Å²) in [7, 11) is 0. The van der Waals surface area contributed by atoms with E-state index in [1.165, 1.54) is 45.4 Å². The van der Waals surface area contributed by atoms with Gasteiger partial charge in [-0.25, -0.2) is 0 Å². The third-order valence-electron chi connectivity index (χ3n) is 11.0. The fraction of sp³-hybridized carbons (Fsp3) is 0.867. The Labute approximate surface area is 207 Å². The number of hydrogen-bond donors (Lipinski definition) is 1. The Morgan fingerprint density at radius 1 is 1.09 bits per heavy atom. The van der Waals surface area contributed by atoms with E-state index < -0.39 is 5.97 Å². The molecule has 0 aromatic carbocycles. The van der Waals surface area contributed by atoms with E-state index in [-0.39, 0.29) is 18.0 Å². The quantitative estimate of drug-likeness (QED) is 0.295. The van der Waals surface area contributed by atoms with Crippen LogP contribution in [-0.2, 0) is 14.3 Å². The molecule has 0 spiro atoms. The molecule has 34 heavy (non-hydrogen) atoms. The zero-order valence-corrected chi connectivity index (χ0v) is 22.3. The Bertz CT molecular complexity index is 802. The van der Waals surface area contributed by atoms with Gasteiger partial charge < -0.3 is 9.84 Å². The molecule has 4 heteroatoms. The second-order valence-electron chi connectivity index (χ2n) is 13.1. The molecule has 1 unspecified atom stereocenters. The molecule has 0 heterocycles. The smallest absolute Gasteiger partial charge is 0.303 e. The van der Waals surface area contributed by atoms with Gasteiger partial charge in [0.2, 0.25) is 0 Å². The van der Waals surface area contributed by atoms with Gasteiger partial charge in [0.1, 0.15) is 6.10 Å². The Morgan fingerprint density at radius 3 is 2.56 bits per heavy atom.